The third-order valence-corrected chi connectivity index (χ3v) is 4.07. The topological polar surface area (TPSA) is 47.7 Å². The maximum atomic E-state index is 6.00. The Bertz CT molecular complexity index is 416. The van der Waals surface area contributed by atoms with Gasteiger partial charge in [-0.2, -0.15) is 0 Å². The number of likely N-dealkylation sites (tertiary alicyclic amines) is 1. The quantitative estimate of drug-likeness (QED) is 0.896. The number of benzene rings is 1. The molecule has 2 aliphatic heterocycles. The van der Waals surface area contributed by atoms with E-state index in [1.54, 1.807) is 0 Å². The Labute approximate surface area is 114 Å². The van der Waals surface area contributed by atoms with Gasteiger partial charge in [0.1, 0.15) is 12.7 Å². The smallest absolute Gasteiger partial charge is 0.161 e. The Morgan fingerprint density at radius 3 is 2.63 bits per heavy atom. The second-order valence-electron chi connectivity index (χ2n) is 5.48. The van der Waals surface area contributed by atoms with Gasteiger partial charge >= 0.3 is 0 Å². The molecule has 0 radical (unpaired) electrons. The summed E-state index contributed by atoms with van der Waals surface area (Å²) in [6.07, 6.45) is 2.56. The largest absolute Gasteiger partial charge is 0.486 e. The van der Waals surface area contributed by atoms with Crippen molar-refractivity contribution in [2.24, 2.45) is 11.7 Å². The van der Waals surface area contributed by atoms with Crippen molar-refractivity contribution in [2.75, 3.05) is 32.8 Å². The molecule has 0 amide bonds. The Kier molecular flexibility index (Phi) is 3.89. The van der Waals surface area contributed by atoms with Gasteiger partial charge in [-0.25, -0.2) is 0 Å². The summed E-state index contributed by atoms with van der Waals surface area (Å²) in [5, 5.41) is 0. The van der Waals surface area contributed by atoms with Crippen molar-refractivity contribution in [3.8, 4) is 11.5 Å². The molecule has 2 N–H and O–H groups in total. The number of piperidine rings is 1. The molecule has 19 heavy (non-hydrogen) atoms. The number of rotatable bonds is 3. The second-order valence-corrected chi connectivity index (χ2v) is 5.48. The van der Waals surface area contributed by atoms with Crippen LogP contribution in [-0.2, 0) is 0 Å². The van der Waals surface area contributed by atoms with Crippen LogP contribution in [0.3, 0.4) is 0 Å². The third-order valence-electron chi connectivity index (χ3n) is 4.07. The Morgan fingerprint density at radius 2 is 1.89 bits per heavy atom. The van der Waals surface area contributed by atoms with Crippen molar-refractivity contribution in [1.82, 2.24) is 4.90 Å². The fourth-order valence-corrected chi connectivity index (χ4v) is 2.85. The van der Waals surface area contributed by atoms with E-state index in [9.17, 15) is 0 Å². The molecule has 0 aromatic heterocycles. The highest BCUT2D eigenvalue weighted by molar-refractivity contribution is 5.40. The number of nitrogens with zero attached hydrogens (tertiary/aromatic N) is 1. The number of hydrogen-bond donors (Lipinski definition) is 1. The first-order chi connectivity index (χ1) is 9.35. The molecule has 1 fully saturated rings. The van der Waals surface area contributed by atoms with Crippen LogP contribution in [-0.4, -0.2) is 43.8 Å². The summed E-state index contributed by atoms with van der Waals surface area (Å²) in [5.74, 6) is 2.44. The van der Waals surface area contributed by atoms with Crippen molar-refractivity contribution >= 4 is 0 Å². The fourth-order valence-electron chi connectivity index (χ4n) is 2.85. The maximum Gasteiger partial charge on any atom is 0.161 e. The molecule has 2 heterocycles. The van der Waals surface area contributed by atoms with Crippen molar-refractivity contribution in [3.05, 3.63) is 24.3 Å². The van der Waals surface area contributed by atoms with Gasteiger partial charge in [0.25, 0.3) is 0 Å². The molecule has 0 aliphatic carbocycles. The number of para-hydroxylation sites is 2. The van der Waals surface area contributed by atoms with Gasteiger partial charge in [0, 0.05) is 6.54 Å². The van der Waals surface area contributed by atoms with Gasteiger partial charge < -0.3 is 15.2 Å². The van der Waals surface area contributed by atoms with Gasteiger partial charge in [0.15, 0.2) is 11.5 Å². The zero-order chi connectivity index (χ0) is 13.1. The Morgan fingerprint density at radius 1 is 1.16 bits per heavy atom. The summed E-state index contributed by atoms with van der Waals surface area (Å²) in [6, 6.07) is 7.89. The summed E-state index contributed by atoms with van der Waals surface area (Å²) in [7, 11) is 0. The molecule has 1 aromatic rings. The van der Waals surface area contributed by atoms with Gasteiger partial charge in [-0.1, -0.05) is 12.1 Å². The van der Waals surface area contributed by atoms with E-state index < -0.39 is 0 Å². The summed E-state index contributed by atoms with van der Waals surface area (Å²) in [6.45, 7) is 4.68. The summed E-state index contributed by atoms with van der Waals surface area (Å²) < 4.78 is 11.7. The maximum absolute atomic E-state index is 6.00. The molecule has 2 aliphatic rings. The average Bonchev–Trinajstić information content (AvgIpc) is 2.48. The summed E-state index contributed by atoms with van der Waals surface area (Å²) in [5.41, 5.74) is 5.72. The first-order valence-corrected chi connectivity index (χ1v) is 7.16. The Balaban J connectivity index is 1.52. The number of nitrogens with two attached hydrogens (primary N) is 1. The molecular formula is C15H22N2O2. The predicted octanol–water partition coefficient (Wildman–Crippen LogP) is 1.50. The lowest BCUT2D eigenvalue weighted by Crippen LogP contribution is -2.44. The van der Waals surface area contributed by atoms with Crippen LogP contribution in [0.1, 0.15) is 12.8 Å². The minimum atomic E-state index is 0.143. The van der Waals surface area contributed by atoms with Crippen LogP contribution < -0.4 is 15.2 Å². The molecule has 3 rings (SSSR count). The number of fused-ring (bicyclic) bond motifs is 1. The fraction of sp³-hybridized carbons (Fsp3) is 0.600. The van der Waals surface area contributed by atoms with Crippen LogP contribution in [0.15, 0.2) is 24.3 Å². The van der Waals surface area contributed by atoms with Crippen LogP contribution in [0.25, 0.3) is 0 Å². The lowest BCUT2D eigenvalue weighted by molar-refractivity contribution is 0.0483. The SMILES string of the molecule is NCC1CCN(C[C@@H]2COc3ccccc3O2)CC1. The molecule has 4 nitrogen and oxygen atoms in total. The van der Waals surface area contributed by atoms with E-state index in [0.29, 0.717) is 12.5 Å². The van der Waals surface area contributed by atoms with E-state index in [1.807, 2.05) is 24.3 Å². The van der Waals surface area contributed by atoms with Crippen LogP contribution in [0.2, 0.25) is 0 Å². The highest BCUT2D eigenvalue weighted by atomic mass is 16.6. The van der Waals surface area contributed by atoms with Crippen molar-refractivity contribution in [1.29, 1.82) is 0 Å². The number of hydrogen-bond acceptors (Lipinski definition) is 4. The molecule has 0 spiro atoms. The van der Waals surface area contributed by atoms with E-state index in [-0.39, 0.29) is 6.10 Å². The molecule has 1 atom stereocenters. The Hall–Kier alpha value is -1.26. The highest BCUT2D eigenvalue weighted by Gasteiger charge is 2.25. The van der Waals surface area contributed by atoms with Crippen molar-refractivity contribution in [2.45, 2.75) is 18.9 Å². The predicted molar refractivity (Wildman–Crippen MR) is 74.6 cm³/mol. The minimum Gasteiger partial charge on any atom is -0.486 e. The van der Waals surface area contributed by atoms with Crippen LogP contribution >= 0.6 is 0 Å². The highest BCUT2D eigenvalue weighted by Crippen LogP contribution is 2.31. The van der Waals surface area contributed by atoms with Gasteiger partial charge in [-0.05, 0) is 50.5 Å². The first-order valence-electron chi connectivity index (χ1n) is 7.16. The molecule has 104 valence electrons. The van der Waals surface area contributed by atoms with E-state index in [2.05, 4.69) is 4.90 Å². The van der Waals surface area contributed by atoms with E-state index in [4.69, 9.17) is 15.2 Å². The average molecular weight is 262 g/mol. The molecule has 1 aromatic carbocycles. The second kappa shape index (κ2) is 5.80. The molecular weight excluding hydrogens is 240 g/mol. The van der Waals surface area contributed by atoms with Crippen LogP contribution in [0, 0.1) is 5.92 Å². The van der Waals surface area contributed by atoms with E-state index in [0.717, 1.165) is 37.7 Å². The minimum absolute atomic E-state index is 0.143. The third kappa shape index (κ3) is 3.01. The lowest BCUT2D eigenvalue weighted by Gasteiger charge is -2.35. The van der Waals surface area contributed by atoms with E-state index in [1.165, 1.54) is 12.8 Å². The lowest BCUT2D eigenvalue weighted by atomic mass is 9.97. The standard InChI is InChI=1S/C15H22N2O2/c16-9-12-5-7-17(8-6-12)10-13-11-18-14-3-1-2-4-15(14)19-13/h1-4,12-13H,5-11,16H2/t13-/m1/s1. The number of ether oxygens (including phenoxy) is 2. The van der Waals surface area contributed by atoms with Gasteiger partial charge in [0.05, 0.1) is 0 Å². The normalized spacial score (nSPS) is 24.4. The molecule has 0 unspecified atom stereocenters. The van der Waals surface area contributed by atoms with Gasteiger partial charge in [-0.15, -0.1) is 0 Å². The summed E-state index contributed by atoms with van der Waals surface area (Å²) in [4.78, 5) is 2.47. The molecule has 0 bridgehead atoms. The molecule has 0 saturated carbocycles. The zero-order valence-corrected chi connectivity index (χ0v) is 11.3. The van der Waals surface area contributed by atoms with Gasteiger partial charge in [0.2, 0.25) is 0 Å². The van der Waals surface area contributed by atoms with Crippen LogP contribution in [0.4, 0.5) is 0 Å². The monoisotopic (exact) mass is 262 g/mol. The van der Waals surface area contributed by atoms with Crippen LogP contribution in [0.5, 0.6) is 11.5 Å². The molecule has 1 saturated heterocycles. The summed E-state index contributed by atoms with van der Waals surface area (Å²) >= 11 is 0. The van der Waals surface area contributed by atoms with Gasteiger partial charge in [-0.3, -0.25) is 4.90 Å². The van der Waals surface area contributed by atoms with Crippen molar-refractivity contribution in [3.63, 3.8) is 0 Å². The van der Waals surface area contributed by atoms with Crippen molar-refractivity contribution < 1.29 is 9.47 Å². The zero-order valence-electron chi connectivity index (χ0n) is 11.3. The van der Waals surface area contributed by atoms with E-state index >= 15 is 0 Å². The molecule has 4 heteroatoms. The first kappa shape index (κ1) is 12.8.